The molecule has 1 fully saturated rings. The van der Waals surface area contributed by atoms with Crippen LogP contribution in [0.5, 0.6) is 0 Å². The number of ether oxygens (including phenoxy) is 1. The second-order valence-electron chi connectivity index (χ2n) is 7.29. The van der Waals surface area contributed by atoms with Crippen molar-refractivity contribution >= 4 is 35.1 Å². The molecular formula is C20H24ClN5O2. The average Bonchev–Trinajstić information content (AvgIpc) is 2.73. The summed E-state index contributed by atoms with van der Waals surface area (Å²) in [5, 5.41) is 3.41. The number of halogens is 1. The third kappa shape index (κ3) is 3.64. The summed E-state index contributed by atoms with van der Waals surface area (Å²) in [6.07, 6.45) is 6.31. The standard InChI is InChI=1S/C20H24ClN5O2/c1-25(14-7-9-15(28-2)10-8-14)19-22-11-13-12-26(20(27)24-18(13)23-19)17-6-4-3-5-16(17)21/h3-6,11,14-15H,7-10,12H2,1-2H3,(H,22,23,24,27). The Balaban J connectivity index is 1.52. The van der Waals surface area contributed by atoms with Gasteiger partial charge in [-0.3, -0.25) is 10.2 Å². The monoisotopic (exact) mass is 401 g/mol. The zero-order chi connectivity index (χ0) is 19.7. The number of hydrogen-bond donors (Lipinski definition) is 1. The lowest BCUT2D eigenvalue weighted by Crippen LogP contribution is -2.41. The van der Waals surface area contributed by atoms with Crippen LogP contribution in [0.2, 0.25) is 5.02 Å². The Morgan fingerprint density at radius 2 is 2.00 bits per heavy atom. The number of para-hydroxylation sites is 1. The molecule has 0 spiro atoms. The summed E-state index contributed by atoms with van der Waals surface area (Å²) >= 11 is 6.25. The number of benzene rings is 1. The molecule has 4 rings (SSSR count). The number of hydrogen-bond acceptors (Lipinski definition) is 5. The Kier molecular flexibility index (Phi) is 5.37. The second-order valence-corrected chi connectivity index (χ2v) is 7.70. The first kappa shape index (κ1) is 19.0. The summed E-state index contributed by atoms with van der Waals surface area (Å²) in [6, 6.07) is 7.43. The topological polar surface area (TPSA) is 70.6 Å². The molecule has 2 aromatic rings. The Morgan fingerprint density at radius 1 is 1.25 bits per heavy atom. The van der Waals surface area contributed by atoms with Crippen LogP contribution in [0.15, 0.2) is 30.5 Å². The number of rotatable bonds is 4. The quantitative estimate of drug-likeness (QED) is 0.835. The molecule has 2 heterocycles. The maximum absolute atomic E-state index is 12.6. The van der Waals surface area contributed by atoms with Gasteiger partial charge in [0.05, 0.1) is 23.4 Å². The van der Waals surface area contributed by atoms with Crippen molar-refractivity contribution in [2.24, 2.45) is 0 Å². The van der Waals surface area contributed by atoms with Gasteiger partial charge in [0.15, 0.2) is 0 Å². The predicted molar refractivity (Wildman–Crippen MR) is 110 cm³/mol. The van der Waals surface area contributed by atoms with Crippen LogP contribution < -0.4 is 15.1 Å². The van der Waals surface area contributed by atoms with Crippen LogP contribution in [0, 0.1) is 0 Å². The van der Waals surface area contributed by atoms with E-state index in [1.165, 1.54) is 0 Å². The largest absolute Gasteiger partial charge is 0.381 e. The summed E-state index contributed by atoms with van der Waals surface area (Å²) in [5.41, 5.74) is 1.53. The van der Waals surface area contributed by atoms with Crippen LogP contribution in [0.25, 0.3) is 0 Å². The highest BCUT2D eigenvalue weighted by Crippen LogP contribution is 2.32. The fourth-order valence-corrected chi connectivity index (χ4v) is 4.14. The van der Waals surface area contributed by atoms with Crippen molar-refractivity contribution in [3.05, 3.63) is 41.0 Å². The molecule has 1 aromatic carbocycles. The van der Waals surface area contributed by atoms with Crippen LogP contribution in [0.4, 0.5) is 22.2 Å². The van der Waals surface area contributed by atoms with Crippen LogP contribution >= 0.6 is 11.6 Å². The number of carbonyl (C=O) groups excluding carboxylic acids is 1. The number of aromatic nitrogens is 2. The van der Waals surface area contributed by atoms with E-state index in [1.54, 1.807) is 24.3 Å². The van der Waals surface area contributed by atoms with Gasteiger partial charge in [0.2, 0.25) is 5.95 Å². The van der Waals surface area contributed by atoms with Crippen LogP contribution in [-0.2, 0) is 11.3 Å². The lowest BCUT2D eigenvalue weighted by atomic mass is 9.92. The molecule has 0 radical (unpaired) electrons. The number of anilines is 3. The fourth-order valence-electron chi connectivity index (χ4n) is 3.90. The summed E-state index contributed by atoms with van der Waals surface area (Å²) in [5.74, 6) is 1.20. The summed E-state index contributed by atoms with van der Waals surface area (Å²) in [7, 11) is 3.79. The van der Waals surface area contributed by atoms with Crippen molar-refractivity contribution in [3.8, 4) is 0 Å². The van der Waals surface area contributed by atoms with Crippen LogP contribution in [0.1, 0.15) is 31.2 Å². The van der Waals surface area contributed by atoms with Gasteiger partial charge in [-0.1, -0.05) is 23.7 Å². The minimum absolute atomic E-state index is 0.242. The number of nitrogens with zero attached hydrogens (tertiary/aromatic N) is 4. The van der Waals surface area contributed by atoms with E-state index in [1.807, 2.05) is 25.2 Å². The molecule has 1 saturated carbocycles. The van der Waals surface area contributed by atoms with Crippen molar-refractivity contribution in [1.82, 2.24) is 9.97 Å². The summed E-state index contributed by atoms with van der Waals surface area (Å²) in [4.78, 5) is 25.5. The molecule has 28 heavy (non-hydrogen) atoms. The van der Waals surface area contributed by atoms with Crippen molar-refractivity contribution < 1.29 is 9.53 Å². The second kappa shape index (κ2) is 7.93. The highest BCUT2D eigenvalue weighted by atomic mass is 35.5. The Hall–Kier alpha value is -2.38. The van der Waals surface area contributed by atoms with E-state index in [0.717, 1.165) is 31.2 Å². The highest BCUT2D eigenvalue weighted by Gasteiger charge is 2.29. The van der Waals surface area contributed by atoms with Gasteiger partial charge in [0.25, 0.3) is 0 Å². The van der Waals surface area contributed by atoms with Gasteiger partial charge in [0, 0.05) is 32.0 Å². The van der Waals surface area contributed by atoms with Crippen molar-refractivity contribution in [2.75, 3.05) is 29.3 Å². The van der Waals surface area contributed by atoms with Gasteiger partial charge in [-0.15, -0.1) is 0 Å². The first-order valence-electron chi connectivity index (χ1n) is 9.51. The lowest BCUT2D eigenvalue weighted by Gasteiger charge is -2.35. The number of nitrogens with one attached hydrogen (secondary N) is 1. The highest BCUT2D eigenvalue weighted by molar-refractivity contribution is 6.34. The van der Waals surface area contributed by atoms with Gasteiger partial charge in [-0.2, -0.15) is 4.98 Å². The average molecular weight is 402 g/mol. The molecule has 0 saturated heterocycles. The number of urea groups is 1. The summed E-state index contributed by atoms with van der Waals surface area (Å²) < 4.78 is 5.45. The molecule has 1 aliphatic heterocycles. The minimum atomic E-state index is -0.242. The third-order valence-corrected chi connectivity index (χ3v) is 5.95. The Bertz CT molecular complexity index is 869. The van der Waals surface area contributed by atoms with Gasteiger partial charge < -0.3 is 9.64 Å². The number of fused-ring (bicyclic) bond motifs is 1. The smallest absolute Gasteiger partial charge is 0.327 e. The molecule has 148 valence electrons. The molecule has 0 bridgehead atoms. The first-order chi connectivity index (χ1) is 13.6. The van der Waals surface area contributed by atoms with Crippen molar-refractivity contribution in [1.29, 1.82) is 0 Å². The number of carbonyl (C=O) groups is 1. The molecule has 0 unspecified atom stereocenters. The molecule has 8 heteroatoms. The van der Waals surface area contributed by atoms with Gasteiger partial charge in [-0.05, 0) is 37.8 Å². The van der Waals surface area contributed by atoms with Gasteiger partial charge in [0.1, 0.15) is 5.82 Å². The van der Waals surface area contributed by atoms with E-state index in [-0.39, 0.29) is 6.03 Å². The molecule has 0 atom stereocenters. The molecule has 1 aliphatic carbocycles. The molecule has 7 nitrogen and oxygen atoms in total. The molecule has 1 aromatic heterocycles. The Morgan fingerprint density at radius 3 is 2.71 bits per heavy atom. The SMILES string of the molecule is COC1CCC(N(C)c2ncc3c(n2)NC(=O)N(c2ccccc2Cl)C3)CC1. The number of amides is 2. The van der Waals surface area contributed by atoms with Crippen molar-refractivity contribution in [3.63, 3.8) is 0 Å². The van der Waals surface area contributed by atoms with E-state index in [0.29, 0.717) is 41.2 Å². The van der Waals surface area contributed by atoms with Crippen molar-refractivity contribution in [2.45, 2.75) is 44.4 Å². The van der Waals surface area contributed by atoms with E-state index >= 15 is 0 Å². The molecule has 2 amide bonds. The van der Waals surface area contributed by atoms with Gasteiger partial charge >= 0.3 is 6.03 Å². The normalized spacial score (nSPS) is 21.8. The molecular weight excluding hydrogens is 378 g/mol. The zero-order valence-corrected chi connectivity index (χ0v) is 16.8. The maximum Gasteiger partial charge on any atom is 0.327 e. The van der Waals surface area contributed by atoms with E-state index < -0.39 is 0 Å². The first-order valence-corrected chi connectivity index (χ1v) is 9.89. The van der Waals surface area contributed by atoms with E-state index in [9.17, 15) is 4.79 Å². The maximum atomic E-state index is 12.6. The van der Waals surface area contributed by atoms with Crippen LogP contribution in [0.3, 0.4) is 0 Å². The van der Waals surface area contributed by atoms with Crippen LogP contribution in [-0.4, -0.2) is 42.3 Å². The zero-order valence-electron chi connectivity index (χ0n) is 16.1. The molecule has 1 N–H and O–H groups in total. The van der Waals surface area contributed by atoms with E-state index in [2.05, 4.69) is 20.2 Å². The lowest BCUT2D eigenvalue weighted by molar-refractivity contribution is 0.0659. The Labute approximate surface area is 169 Å². The summed E-state index contributed by atoms with van der Waals surface area (Å²) in [6.45, 7) is 0.383. The predicted octanol–water partition coefficient (Wildman–Crippen LogP) is 4.08. The number of methoxy groups -OCH3 is 1. The fraction of sp³-hybridized carbons (Fsp3) is 0.450. The van der Waals surface area contributed by atoms with E-state index in [4.69, 9.17) is 16.3 Å². The third-order valence-electron chi connectivity index (χ3n) is 5.63. The molecule has 2 aliphatic rings. The van der Waals surface area contributed by atoms with Gasteiger partial charge in [-0.25, -0.2) is 9.78 Å². The minimum Gasteiger partial charge on any atom is -0.381 e.